The van der Waals surface area contributed by atoms with Crippen molar-refractivity contribution in [2.24, 2.45) is 11.8 Å². The van der Waals surface area contributed by atoms with E-state index in [0.717, 1.165) is 43.8 Å². The summed E-state index contributed by atoms with van der Waals surface area (Å²) >= 11 is 0. The van der Waals surface area contributed by atoms with Crippen LogP contribution in [-0.4, -0.2) is 38.7 Å². The molecule has 1 aromatic rings. The highest BCUT2D eigenvalue weighted by Gasteiger charge is 2.24. The van der Waals surface area contributed by atoms with Crippen LogP contribution in [0.4, 0.5) is 0 Å². The van der Waals surface area contributed by atoms with Gasteiger partial charge in [-0.2, -0.15) is 0 Å². The Morgan fingerprint density at radius 1 is 1.33 bits per heavy atom. The molecule has 0 unspecified atom stereocenters. The molecule has 0 aromatic heterocycles. The van der Waals surface area contributed by atoms with Crippen LogP contribution in [-0.2, 0) is 6.54 Å². The van der Waals surface area contributed by atoms with Crippen molar-refractivity contribution in [3.8, 4) is 5.75 Å². The van der Waals surface area contributed by atoms with Crippen molar-refractivity contribution in [2.45, 2.75) is 13.5 Å². The number of benzene rings is 1. The molecule has 0 saturated carbocycles. The molecule has 0 amide bonds. The first-order valence-corrected chi connectivity index (χ1v) is 6.72. The summed E-state index contributed by atoms with van der Waals surface area (Å²) in [5.74, 6) is 2.54. The lowest BCUT2D eigenvalue weighted by atomic mass is 9.97. The fraction of sp³-hybridized carbons (Fsp3) is 0.600. The second-order valence-corrected chi connectivity index (χ2v) is 5.40. The van der Waals surface area contributed by atoms with Crippen molar-refractivity contribution in [3.63, 3.8) is 0 Å². The number of ether oxygens (including phenoxy) is 1. The van der Waals surface area contributed by atoms with Gasteiger partial charge < -0.3 is 15.0 Å². The topological polar surface area (TPSA) is 24.5 Å². The number of hydrogen-bond acceptors (Lipinski definition) is 3. The molecule has 3 nitrogen and oxygen atoms in total. The van der Waals surface area contributed by atoms with Gasteiger partial charge in [-0.1, -0.05) is 25.1 Å². The van der Waals surface area contributed by atoms with Gasteiger partial charge in [-0.15, -0.1) is 0 Å². The van der Waals surface area contributed by atoms with Crippen LogP contribution < -0.4 is 10.1 Å². The van der Waals surface area contributed by atoms with Crippen LogP contribution in [0.1, 0.15) is 12.5 Å². The highest BCUT2D eigenvalue weighted by atomic mass is 16.5. The van der Waals surface area contributed by atoms with Gasteiger partial charge in [-0.3, -0.25) is 0 Å². The molecule has 1 aliphatic heterocycles. The van der Waals surface area contributed by atoms with E-state index < -0.39 is 0 Å². The van der Waals surface area contributed by atoms with Crippen molar-refractivity contribution >= 4 is 0 Å². The largest absolute Gasteiger partial charge is 0.496 e. The number of nitrogens with one attached hydrogen (secondary N) is 1. The van der Waals surface area contributed by atoms with Gasteiger partial charge in [0, 0.05) is 18.7 Å². The molecule has 1 aliphatic rings. The molecular formula is C15H24N2O. The normalized spacial score (nSPS) is 23.6. The van der Waals surface area contributed by atoms with E-state index in [1.165, 1.54) is 5.56 Å². The van der Waals surface area contributed by atoms with Gasteiger partial charge in [-0.25, -0.2) is 0 Å². The molecule has 1 aromatic carbocycles. The lowest BCUT2D eigenvalue weighted by molar-refractivity contribution is 0.249. The molecule has 0 aliphatic carbocycles. The average Bonchev–Trinajstić information content (AvgIpc) is 2.75. The zero-order chi connectivity index (χ0) is 13.0. The quantitative estimate of drug-likeness (QED) is 0.862. The first-order chi connectivity index (χ1) is 8.70. The average molecular weight is 248 g/mol. The molecule has 1 saturated heterocycles. The monoisotopic (exact) mass is 248 g/mol. The Bertz CT molecular complexity index is 381. The Morgan fingerprint density at radius 2 is 2.11 bits per heavy atom. The highest BCUT2D eigenvalue weighted by Crippen LogP contribution is 2.21. The summed E-state index contributed by atoms with van der Waals surface area (Å²) in [5.41, 5.74) is 1.26. The maximum atomic E-state index is 5.40. The smallest absolute Gasteiger partial charge is 0.123 e. The van der Waals surface area contributed by atoms with Crippen molar-refractivity contribution in [3.05, 3.63) is 29.8 Å². The Labute approximate surface area is 110 Å². The van der Waals surface area contributed by atoms with Gasteiger partial charge in [0.1, 0.15) is 5.75 Å². The van der Waals surface area contributed by atoms with Gasteiger partial charge in [0.2, 0.25) is 0 Å². The lowest BCUT2D eigenvalue weighted by Crippen LogP contribution is -2.29. The minimum absolute atomic E-state index is 0.768. The second kappa shape index (κ2) is 6.21. The third kappa shape index (κ3) is 3.24. The van der Waals surface area contributed by atoms with E-state index in [-0.39, 0.29) is 0 Å². The Kier molecular flexibility index (Phi) is 4.61. The van der Waals surface area contributed by atoms with E-state index in [0.29, 0.717) is 0 Å². The summed E-state index contributed by atoms with van der Waals surface area (Å²) in [6.07, 6.45) is 0. The molecule has 0 radical (unpaired) electrons. The van der Waals surface area contributed by atoms with E-state index in [9.17, 15) is 0 Å². The SMILES string of the molecule is COc1ccccc1CN(C)C[C@@H]1CNC[C@H]1C. The fourth-order valence-corrected chi connectivity index (χ4v) is 2.70. The van der Waals surface area contributed by atoms with E-state index in [1.807, 2.05) is 12.1 Å². The summed E-state index contributed by atoms with van der Waals surface area (Å²) in [4.78, 5) is 2.39. The zero-order valence-electron chi connectivity index (χ0n) is 11.6. The molecule has 18 heavy (non-hydrogen) atoms. The van der Waals surface area contributed by atoms with Crippen LogP contribution in [0.3, 0.4) is 0 Å². The maximum absolute atomic E-state index is 5.40. The third-order valence-electron chi connectivity index (χ3n) is 3.86. The van der Waals surface area contributed by atoms with Crippen molar-refractivity contribution in [1.82, 2.24) is 10.2 Å². The highest BCUT2D eigenvalue weighted by molar-refractivity contribution is 5.32. The van der Waals surface area contributed by atoms with Crippen molar-refractivity contribution in [1.29, 1.82) is 0 Å². The Morgan fingerprint density at radius 3 is 2.78 bits per heavy atom. The predicted molar refractivity (Wildman–Crippen MR) is 74.9 cm³/mol. The summed E-state index contributed by atoms with van der Waals surface area (Å²) in [6.45, 7) is 6.74. The molecule has 1 fully saturated rings. The molecule has 2 rings (SSSR count). The van der Waals surface area contributed by atoms with E-state index >= 15 is 0 Å². The van der Waals surface area contributed by atoms with Crippen LogP contribution in [0.25, 0.3) is 0 Å². The lowest BCUT2D eigenvalue weighted by Gasteiger charge is -2.23. The van der Waals surface area contributed by atoms with Gasteiger partial charge in [0.15, 0.2) is 0 Å². The second-order valence-electron chi connectivity index (χ2n) is 5.40. The molecule has 1 heterocycles. The first-order valence-electron chi connectivity index (χ1n) is 6.72. The van der Waals surface area contributed by atoms with E-state index in [2.05, 4.69) is 36.3 Å². The number of para-hydroxylation sites is 1. The van der Waals surface area contributed by atoms with Crippen LogP contribution >= 0.6 is 0 Å². The molecule has 3 heteroatoms. The van der Waals surface area contributed by atoms with Crippen LogP contribution in [0, 0.1) is 11.8 Å². The Hall–Kier alpha value is -1.06. The fourth-order valence-electron chi connectivity index (χ4n) is 2.70. The van der Waals surface area contributed by atoms with Gasteiger partial charge in [-0.05, 0) is 38.0 Å². The minimum atomic E-state index is 0.768. The third-order valence-corrected chi connectivity index (χ3v) is 3.86. The zero-order valence-corrected chi connectivity index (χ0v) is 11.6. The van der Waals surface area contributed by atoms with Crippen LogP contribution in [0.15, 0.2) is 24.3 Å². The van der Waals surface area contributed by atoms with Crippen LogP contribution in [0.5, 0.6) is 5.75 Å². The summed E-state index contributed by atoms with van der Waals surface area (Å²) in [6, 6.07) is 8.27. The van der Waals surface area contributed by atoms with Crippen LogP contribution in [0.2, 0.25) is 0 Å². The predicted octanol–water partition coefficient (Wildman–Crippen LogP) is 1.98. The van der Waals surface area contributed by atoms with E-state index in [4.69, 9.17) is 4.74 Å². The molecule has 2 atom stereocenters. The van der Waals surface area contributed by atoms with Gasteiger partial charge >= 0.3 is 0 Å². The number of nitrogens with zero attached hydrogens (tertiary/aromatic N) is 1. The molecule has 100 valence electrons. The maximum Gasteiger partial charge on any atom is 0.123 e. The molecule has 0 spiro atoms. The van der Waals surface area contributed by atoms with Crippen molar-refractivity contribution in [2.75, 3.05) is 33.8 Å². The summed E-state index contributed by atoms with van der Waals surface area (Å²) < 4.78 is 5.40. The van der Waals surface area contributed by atoms with Gasteiger partial charge in [0.05, 0.1) is 7.11 Å². The Balaban J connectivity index is 1.92. The molecular weight excluding hydrogens is 224 g/mol. The minimum Gasteiger partial charge on any atom is -0.496 e. The summed E-state index contributed by atoms with van der Waals surface area (Å²) in [7, 11) is 3.93. The molecule has 0 bridgehead atoms. The van der Waals surface area contributed by atoms with Gasteiger partial charge in [0.25, 0.3) is 0 Å². The number of hydrogen-bond donors (Lipinski definition) is 1. The standard InChI is InChI=1S/C15H24N2O/c1-12-8-16-9-14(12)11-17(2)10-13-6-4-5-7-15(13)18-3/h4-7,12,14,16H,8-11H2,1-3H3/t12-,14+/m1/s1. The first kappa shape index (κ1) is 13.4. The summed E-state index contributed by atoms with van der Waals surface area (Å²) in [5, 5.41) is 3.46. The number of rotatable bonds is 5. The number of methoxy groups -OCH3 is 1. The van der Waals surface area contributed by atoms with E-state index in [1.54, 1.807) is 7.11 Å². The molecule has 1 N–H and O–H groups in total. The van der Waals surface area contributed by atoms with Crippen molar-refractivity contribution < 1.29 is 4.74 Å².